The number of ketones is 1. The number of esters is 1. The molecule has 0 aromatic heterocycles. The zero-order valence-corrected chi connectivity index (χ0v) is 25.4. The van der Waals surface area contributed by atoms with Crippen LogP contribution >= 0.6 is 0 Å². The first-order chi connectivity index (χ1) is 19.2. The van der Waals surface area contributed by atoms with Crippen LogP contribution in [0.3, 0.4) is 0 Å². The quantitative estimate of drug-likeness (QED) is 0.204. The van der Waals surface area contributed by atoms with Crippen LogP contribution in [-0.4, -0.2) is 58.0 Å². The van der Waals surface area contributed by atoms with E-state index < -0.39 is 17.4 Å². The van der Waals surface area contributed by atoms with Crippen LogP contribution in [0.4, 0.5) is 18.9 Å². The van der Waals surface area contributed by atoms with Crippen molar-refractivity contribution in [1.82, 2.24) is 5.32 Å². The van der Waals surface area contributed by atoms with Crippen molar-refractivity contribution in [2.75, 3.05) is 39.3 Å². The van der Waals surface area contributed by atoms with Gasteiger partial charge in [-0.05, 0) is 57.4 Å². The highest BCUT2D eigenvalue weighted by Crippen LogP contribution is 2.22. The second kappa shape index (κ2) is 22.1. The number of hydrogen-bond donors (Lipinski definition) is 2. The molecule has 0 saturated carbocycles. The van der Waals surface area contributed by atoms with Gasteiger partial charge in [0.15, 0.2) is 0 Å². The van der Waals surface area contributed by atoms with Gasteiger partial charge in [0.2, 0.25) is 5.91 Å². The van der Waals surface area contributed by atoms with Crippen LogP contribution in [-0.2, 0) is 25.5 Å². The van der Waals surface area contributed by atoms with Crippen LogP contribution in [0.2, 0.25) is 0 Å². The number of ether oxygens (including phenoxy) is 1. The first-order valence-corrected chi connectivity index (χ1v) is 13.1. The lowest BCUT2D eigenvalue weighted by molar-refractivity contribution is -0.135. The summed E-state index contributed by atoms with van der Waals surface area (Å²) in [5, 5.41) is 2.49. The Morgan fingerprint density at radius 1 is 1.20 bits per heavy atom. The van der Waals surface area contributed by atoms with Gasteiger partial charge >= 0.3 is 5.97 Å². The van der Waals surface area contributed by atoms with Crippen molar-refractivity contribution in [3.63, 3.8) is 0 Å². The molecule has 0 atom stereocenters. The average molecular weight is 582 g/mol. The predicted octanol–water partition coefficient (Wildman–Crippen LogP) is 5.86. The minimum absolute atomic E-state index is 0.142. The zero-order valence-electron chi connectivity index (χ0n) is 25.4. The number of alkyl halides is 3. The highest BCUT2D eigenvalue weighted by atomic mass is 19.3. The van der Waals surface area contributed by atoms with E-state index in [1.54, 1.807) is 26.0 Å². The van der Waals surface area contributed by atoms with Crippen LogP contribution in [0.15, 0.2) is 72.0 Å². The lowest BCUT2D eigenvalue weighted by Crippen LogP contribution is -2.19. The number of carbonyl (C=O) groups excluding carboxylic acids is 3. The summed E-state index contributed by atoms with van der Waals surface area (Å²) >= 11 is 0. The molecule has 0 aliphatic carbocycles. The number of amides is 1. The molecule has 0 radical (unpaired) electrons. The van der Waals surface area contributed by atoms with E-state index in [1.807, 2.05) is 21.0 Å². The Morgan fingerprint density at radius 2 is 1.83 bits per heavy atom. The van der Waals surface area contributed by atoms with E-state index in [0.717, 1.165) is 43.9 Å². The Labute approximate surface area is 243 Å². The molecule has 1 amide bonds. The van der Waals surface area contributed by atoms with Gasteiger partial charge in [-0.1, -0.05) is 30.9 Å². The Balaban J connectivity index is 0. The van der Waals surface area contributed by atoms with Crippen molar-refractivity contribution >= 4 is 23.3 Å². The summed E-state index contributed by atoms with van der Waals surface area (Å²) in [7, 11) is 4.55. The molecule has 2 rings (SSSR count). The highest BCUT2D eigenvalue weighted by Gasteiger charge is 2.23. The Kier molecular flexibility index (Phi) is 21.3. The number of benzene rings is 1. The molecule has 0 spiro atoms. The molecule has 1 aliphatic rings. The molecule has 1 aromatic rings. The topological polar surface area (TPSA) is 102 Å². The number of hydrogen-bond acceptors (Lipinski definition) is 6. The number of Topliss-reactive ketones (excluding diaryl/α,β-unsaturated/α-hetero) is 1. The molecule has 1 aromatic carbocycles. The summed E-state index contributed by atoms with van der Waals surface area (Å²) in [6, 6.07) is 8.39. The standard InChI is InChI=1S/C13H20N2O.C11H15F2NO.C6H8O2.CH3F/c1-15(2)12-7-3-5-11(9-12)6-4-8-13(16)10-14;1-5-9(3)14-10(15)7-6-8(2)11(4,12)13;1-2-5-3-4-8-6(5)7;1-2/h3,5,7,9H,4,6,8,10,14H2,1-2H3;5-7H,2H2,1,3-4H3,(H,14,15);2H,3-4H2,1H3;1H3/b;7-6+,9-5+;5-2+;. The van der Waals surface area contributed by atoms with E-state index in [1.165, 1.54) is 11.3 Å². The third-order valence-electron chi connectivity index (χ3n) is 5.54. The van der Waals surface area contributed by atoms with Gasteiger partial charge in [-0.3, -0.25) is 14.0 Å². The molecule has 1 aliphatic heterocycles. The van der Waals surface area contributed by atoms with Gasteiger partial charge in [-0.15, -0.1) is 0 Å². The summed E-state index contributed by atoms with van der Waals surface area (Å²) in [4.78, 5) is 34.8. The Hall–Kier alpha value is -3.66. The van der Waals surface area contributed by atoms with Crippen molar-refractivity contribution in [3.05, 3.63) is 77.6 Å². The number of allylic oxidation sites excluding steroid dienone is 5. The van der Waals surface area contributed by atoms with Crippen LogP contribution < -0.4 is 16.0 Å². The summed E-state index contributed by atoms with van der Waals surface area (Å²) in [6.07, 6.45) is 8.74. The monoisotopic (exact) mass is 581 g/mol. The molecule has 10 heteroatoms. The van der Waals surface area contributed by atoms with Gasteiger partial charge in [0.1, 0.15) is 5.78 Å². The van der Waals surface area contributed by atoms with E-state index in [0.29, 0.717) is 25.9 Å². The maximum Gasteiger partial charge on any atom is 0.333 e. The fourth-order valence-corrected chi connectivity index (χ4v) is 2.92. The largest absolute Gasteiger partial charge is 0.462 e. The zero-order chi connectivity index (χ0) is 32.0. The summed E-state index contributed by atoms with van der Waals surface area (Å²) < 4.78 is 39.4. The number of carbonyl (C=O) groups is 3. The van der Waals surface area contributed by atoms with E-state index in [2.05, 4.69) is 45.8 Å². The minimum Gasteiger partial charge on any atom is -0.462 e. The van der Waals surface area contributed by atoms with Crippen LogP contribution in [0.5, 0.6) is 0 Å². The first-order valence-electron chi connectivity index (χ1n) is 13.1. The summed E-state index contributed by atoms with van der Waals surface area (Å²) in [5.41, 5.74) is 8.81. The van der Waals surface area contributed by atoms with Crippen molar-refractivity contribution in [2.24, 2.45) is 5.73 Å². The molecule has 7 nitrogen and oxygen atoms in total. The third kappa shape index (κ3) is 19.1. The van der Waals surface area contributed by atoms with Crippen molar-refractivity contribution in [3.8, 4) is 0 Å². The molecule has 1 saturated heterocycles. The molecule has 1 heterocycles. The van der Waals surface area contributed by atoms with E-state index in [9.17, 15) is 27.6 Å². The Morgan fingerprint density at radius 3 is 2.27 bits per heavy atom. The van der Waals surface area contributed by atoms with Gasteiger partial charge in [0, 0.05) is 62.5 Å². The second-order valence-electron chi connectivity index (χ2n) is 9.07. The van der Waals surface area contributed by atoms with Crippen LogP contribution in [0, 0.1) is 0 Å². The number of nitrogens with one attached hydrogen (secondary N) is 1. The van der Waals surface area contributed by atoms with Crippen LogP contribution in [0.1, 0.15) is 52.5 Å². The highest BCUT2D eigenvalue weighted by molar-refractivity contribution is 5.90. The summed E-state index contributed by atoms with van der Waals surface area (Å²) in [6.45, 7) is 9.94. The van der Waals surface area contributed by atoms with E-state index >= 15 is 0 Å². The first kappa shape index (κ1) is 39.5. The molecule has 1 fully saturated rings. The normalized spacial score (nSPS) is 13.6. The Bertz CT molecular complexity index is 1060. The molecule has 41 heavy (non-hydrogen) atoms. The maximum absolute atomic E-state index is 12.6. The van der Waals surface area contributed by atoms with E-state index in [-0.39, 0.29) is 18.3 Å². The smallest absolute Gasteiger partial charge is 0.333 e. The lowest BCUT2D eigenvalue weighted by atomic mass is 10.1. The molecular weight excluding hydrogens is 535 g/mol. The van der Waals surface area contributed by atoms with Gasteiger partial charge in [0.05, 0.1) is 20.3 Å². The van der Waals surface area contributed by atoms with Gasteiger partial charge in [-0.2, -0.15) is 0 Å². The van der Waals surface area contributed by atoms with Crippen LogP contribution in [0.25, 0.3) is 0 Å². The second-order valence-corrected chi connectivity index (χ2v) is 9.07. The van der Waals surface area contributed by atoms with Gasteiger partial charge < -0.3 is 20.7 Å². The number of aryl methyl sites for hydroxylation is 1. The fraction of sp³-hybridized carbons (Fsp3) is 0.452. The fourth-order valence-electron chi connectivity index (χ4n) is 2.92. The molecule has 230 valence electrons. The van der Waals surface area contributed by atoms with Crippen molar-refractivity contribution in [1.29, 1.82) is 0 Å². The number of anilines is 1. The number of rotatable bonds is 10. The molecule has 3 N–H and O–H groups in total. The number of nitrogens with zero attached hydrogens (tertiary/aromatic N) is 1. The number of nitrogens with two attached hydrogens (primary N) is 1. The maximum atomic E-state index is 12.6. The summed E-state index contributed by atoms with van der Waals surface area (Å²) in [5.74, 6) is -3.45. The number of cyclic esters (lactones) is 1. The van der Waals surface area contributed by atoms with Gasteiger partial charge in [-0.25, -0.2) is 13.6 Å². The average Bonchev–Trinajstić information content (AvgIpc) is 3.37. The number of halogens is 3. The minimum atomic E-state index is -2.99. The molecule has 0 bridgehead atoms. The van der Waals surface area contributed by atoms with Crippen molar-refractivity contribution in [2.45, 2.75) is 59.3 Å². The predicted molar refractivity (Wildman–Crippen MR) is 161 cm³/mol. The SMILES string of the molecule is C/C=C1\CCOC1=O.C=C(/C=C/C(=O)N/C(C)=C/C)C(C)(F)F.CF.CN(C)c1cccc(CCCC(=O)CN)c1. The lowest BCUT2D eigenvalue weighted by Gasteiger charge is -2.13. The molecular formula is C31H46F3N3O4. The van der Waals surface area contributed by atoms with Gasteiger partial charge in [0.25, 0.3) is 5.92 Å². The van der Waals surface area contributed by atoms with E-state index in [4.69, 9.17) is 5.73 Å². The van der Waals surface area contributed by atoms with Crippen molar-refractivity contribution < 1.29 is 32.3 Å². The molecule has 0 unspecified atom stereocenters. The third-order valence-corrected chi connectivity index (χ3v) is 5.54.